The van der Waals surface area contributed by atoms with Gasteiger partial charge in [-0.2, -0.15) is 0 Å². The lowest BCUT2D eigenvalue weighted by Gasteiger charge is -2.06. The van der Waals surface area contributed by atoms with E-state index < -0.39 is 14.9 Å². The third-order valence-corrected chi connectivity index (χ3v) is 4.51. The first-order chi connectivity index (χ1) is 8.38. The van der Waals surface area contributed by atoms with E-state index >= 15 is 0 Å². The lowest BCUT2D eigenvalue weighted by atomic mass is 10.2. The molecule has 1 rings (SSSR count). The van der Waals surface area contributed by atoms with E-state index in [2.05, 4.69) is 27.3 Å². The summed E-state index contributed by atoms with van der Waals surface area (Å²) in [6.07, 6.45) is 0.716. The van der Waals surface area contributed by atoms with Gasteiger partial charge in [-0.1, -0.05) is 28.7 Å². The smallest absolute Gasteiger partial charge is 0.258 e. The molecule has 6 nitrogen and oxygen atoms in total. The van der Waals surface area contributed by atoms with Crippen molar-refractivity contribution >= 4 is 38.3 Å². The Bertz CT molecular complexity index is 545. The number of halogens is 1. The monoisotopic (exact) mass is 384 g/mol. The van der Waals surface area contributed by atoms with Crippen molar-refractivity contribution in [2.45, 2.75) is 18.2 Å². The summed E-state index contributed by atoms with van der Waals surface area (Å²) < 4.78 is 27.0. The van der Waals surface area contributed by atoms with Crippen molar-refractivity contribution in [1.29, 1.82) is 0 Å². The molecule has 0 aliphatic rings. The predicted molar refractivity (Wildman–Crippen MR) is 76.5 cm³/mol. The van der Waals surface area contributed by atoms with Crippen LogP contribution in [0.15, 0.2) is 23.1 Å². The van der Waals surface area contributed by atoms with Gasteiger partial charge in [0.2, 0.25) is 10.0 Å². The first kappa shape index (κ1) is 15.3. The fourth-order valence-corrected chi connectivity index (χ4v) is 2.78. The molecule has 0 amide bonds. The van der Waals surface area contributed by atoms with Crippen LogP contribution >= 0.6 is 22.6 Å². The highest BCUT2D eigenvalue weighted by Crippen LogP contribution is 2.21. The van der Waals surface area contributed by atoms with Gasteiger partial charge in [0, 0.05) is 22.6 Å². The minimum absolute atomic E-state index is 0.0757. The minimum Gasteiger partial charge on any atom is -0.258 e. The normalized spacial score (nSPS) is 11.4. The second-order valence-corrected chi connectivity index (χ2v) is 6.49. The van der Waals surface area contributed by atoms with E-state index in [0.29, 0.717) is 18.5 Å². The maximum absolute atomic E-state index is 11.9. The van der Waals surface area contributed by atoms with Gasteiger partial charge in [-0.05, 0) is 19.4 Å². The molecule has 0 aromatic heterocycles. The van der Waals surface area contributed by atoms with Gasteiger partial charge in [-0.3, -0.25) is 10.1 Å². The molecule has 1 aromatic carbocycles. The molecule has 0 heterocycles. The number of alkyl halides is 1. The Labute approximate surface area is 119 Å². The van der Waals surface area contributed by atoms with Crippen LogP contribution in [0.5, 0.6) is 0 Å². The topological polar surface area (TPSA) is 89.3 Å². The molecule has 0 aliphatic carbocycles. The summed E-state index contributed by atoms with van der Waals surface area (Å²) in [7, 11) is -3.66. The highest BCUT2D eigenvalue weighted by molar-refractivity contribution is 14.1. The van der Waals surface area contributed by atoms with Crippen molar-refractivity contribution in [2.24, 2.45) is 0 Å². The number of nitro groups is 1. The van der Waals surface area contributed by atoms with Crippen LogP contribution in [-0.4, -0.2) is 24.3 Å². The lowest BCUT2D eigenvalue weighted by molar-refractivity contribution is -0.385. The van der Waals surface area contributed by atoms with Crippen molar-refractivity contribution in [3.8, 4) is 0 Å². The first-order valence-corrected chi connectivity index (χ1v) is 8.20. The van der Waals surface area contributed by atoms with E-state index in [0.717, 1.165) is 10.5 Å². The number of aryl methyl sites for hydroxylation is 1. The average Bonchev–Trinajstić information content (AvgIpc) is 2.29. The number of nitro benzene ring substituents is 1. The van der Waals surface area contributed by atoms with Gasteiger partial charge < -0.3 is 0 Å². The van der Waals surface area contributed by atoms with Gasteiger partial charge in [-0.25, -0.2) is 13.1 Å². The molecule has 8 heteroatoms. The van der Waals surface area contributed by atoms with Crippen molar-refractivity contribution in [3.63, 3.8) is 0 Å². The van der Waals surface area contributed by atoms with Gasteiger partial charge in [0.25, 0.3) is 5.69 Å². The first-order valence-electron chi connectivity index (χ1n) is 5.19. The molecule has 100 valence electrons. The van der Waals surface area contributed by atoms with Gasteiger partial charge in [-0.15, -0.1) is 0 Å². The van der Waals surface area contributed by atoms with Crippen LogP contribution in [0.3, 0.4) is 0 Å². The molecule has 0 saturated heterocycles. The predicted octanol–water partition coefficient (Wildman–Crippen LogP) is 2.01. The third-order valence-electron chi connectivity index (χ3n) is 2.29. The summed E-state index contributed by atoms with van der Waals surface area (Å²) >= 11 is 2.15. The number of nitrogens with one attached hydrogen (secondary N) is 1. The van der Waals surface area contributed by atoms with Crippen LogP contribution in [0, 0.1) is 17.0 Å². The summed E-state index contributed by atoms with van der Waals surface area (Å²) in [6.45, 7) is 1.89. The fraction of sp³-hybridized carbons (Fsp3) is 0.400. The minimum atomic E-state index is -3.66. The van der Waals surface area contributed by atoms with Crippen LogP contribution < -0.4 is 4.72 Å². The van der Waals surface area contributed by atoms with Crippen molar-refractivity contribution in [1.82, 2.24) is 4.72 Å². The molecular formula is C10H13IN2O4S. The maximum atomic E-state index is 11.9. The molecule has 18 heavy (non-hydrogen) atoms. The number of benzene rings is 1. The number of hydrogen-bond donors (Lipinski definition) is 1. The molecule has 1 aromatic rings. The molecule has 0 spiro atoms. The van der Waals surface area contributed by atoms with E-state index in [9.17, 15) is 18.5 Å². The van der Waals surface area contributed by atoms with Crippen LogP contribution in [0.2, 0.25) is 0 Å². The summed E-state index contributed by atoms with van der Waals surface area (Å²) in [4.78, 5) is 10.1. The standard InChI is InChI=1S/C10H13IN2O4S/c1-8-3-4-9(7-10(8)13(14)15)18(16,17)12-6-2-5-11/h3-4,7,12H,2,5-6H2,1H3. The molecule has 0 atom stereocenters. The van der Waals surface area contributed by atoms with Crippen molar-refractivity contribution < 1.29 is 13.3 Å². The molecule has 1 N–H and O–H groups in total. The van der Waals surface area contributed by atoms with E-state index in [4.69, 9.17) is 0 Å². The number of rotatable bonds is 6. The fourth-order valence-electron chi connectivity index (χ4n) is 1.31. The molecule has 0 radical (unpaired) electrons. The number of nitrogens with zero attached hydrogens (tertiary/aromatic N) is 1. The van der Waals surface area contributed by atoms with Crippen LogP contribution in [-0.2, 0) is 10.0 Å². The lowest BCUT2D eigenvalue weighted by Crippen LogP contribution is -2.25. The van der Waals surface area contributed by atoms with Gasteiger partial charge in [0.15, 0.2) is 0 Å². The van der Waals surface area contributed by atoms with Gasteiger partial charge in [0.1, 0.15) is 0 Å². The summed E-state index contributed by atoms with van der Waals surface area (Å²) in [5.41, 5.74) is 0.248. The van der Waals surface area contributed by atoms with E-state index in [1.807, 2.05) is 0 Å². The zero-order valence-corrected chi connectivity index (χ0v) is 12.7. The SMILES string of the molecule is Cc1ccc(S(=O)(=O)NCCCI)cc1[N+](=O)[O-]. The quantitative estimate of drug-likeness (QED) is 0.267. The van der Waals surface area contributed by atoms with Gasteiger partial charge in [0.05, 0.1) is 9.82 Å². The zero-order valence-electron chi connectivity index (χ0n) is 9.72. The second-order valence-electron chi connectivity index (χ2n) is 3.65. The van der Waals surface area contributed by atoms with E-state index in [1.165, 1.54) is 12.1 Å². The Morgan fingerprint density at radius 2 is 2.11 bits per heavy atom. The zero-order chi connectivity index (χ0) is 13.8. The summed E-state index contributed by atoms with van der Waals surface area (Å²) in [6, 6.07) is 3.89. The summed E-state index contributed by atoms with van der Waals surface area (Å²) in [5, 5.41) is 10.8. The molecular weight excluding hydrogens is 371 g/mol. The highest BCUT2D eigenvalue weighted by atomic mass is 127. The van der Waals surface area contributed by atoms with E-state index in [1.54, 1.807) is 6.92 Å². The third kappa shape index (κ3) is 3.89. The Morgan fingerprint density at radius 1 is 1.44 bits per heavy atom. The Kier molecular flexibility index (Phi) is 5.47. The Hall–Kier alpha value is -0.740. The second kappa shape index (κ2) is 6.43. The molecule has 0 bridgehead atoms. The molecule has 0 aliphatic heterocycles. The van der Waals surface area contributed by atoms with Gasteiger partial charge >= 0.3 is 0 Å². The molecule has 0 saturated carbocycles. The van der Waals surface area contributed by atoms with Crippen LogP contribution in [0.1, 0.15) is 12.0 Å². The number of hydrogen-bond acceptors (Lipinski definition) is 4. The highest BCUT2D eigenvalue weighted by Gasteiger charge is 2.19. The van der Waals surface area contributed by atoms with Crippen LogP contribution in [0.4, 0.5) is 5.69 Å². The van der Waals surface area contributed by atoms with Crippen LogP contribution in [0.25, 0.3) is 0 Å². The largest absolute Gasteiger partial charge is 0.273 e. The summed E-state index contributed by atoms with van der Waals surface area (Å²) in [5.74, 6) is 0. The van der Waals surface area contributed by atoms with Crippen molar-refractivity contribution in [3.05, 3.63) is 33.9 Å². The average molecular weight is 384 g/mol. The Balaban J connectivity index is 3.02. The van der Waals surface area contributed by atoms with Crippen molar-refractivity contribution in [2.75, 3.05) is 11.0 Å². The number of sulfonamides is 1. The Morgan fingerprint density at radius 3 is 2.67 bits per heavy atom. The molecule has 0 unspecified atom stereocenters. The molecule has 0 fully saturated rings. The maximum Gasteiger partial charge on any atom is 0.273 e. The van der Waals surface area contributed by atoms with E-state index in [-0.39, 0.29) is 10.6 Å².